The van der Waals surface area contributed by atoms with E-state index in [-0.39, 0.29) is 11.1 Å². The number of para-hydroxylation sites is 1. The van der Waals surface area contributed by atoms with Crippen LogP contribution in [-0.2, 0) is 12.3 Å². The van der Waals surface area contributed by atoms with Crippen LogP contribution in [0.3, 0.4) is 0 Å². The fourth-order valence-electron chi connectivity index (χ4n) is 4.10. The van der Waals surface area contributed by atoms with Gasteiger partial charge in [0, 0.05) is 48.1 Å². The fraction of sp³-hybridized carbons (Fsp3) is 0.417. The van der Waals surface area contributed by atoms with Crippen LogP contribution in [0.5, 0.6) is 0 Å². The fourth-order valence-corrected chi connectivity index (χ4v) is 5.91. The van der Waals surface area contributed by atoms with E-state index in [0.29, 0.717) is 51.1 Å². The maximum atomic E-state index is 13.4. The van der Waals surface area contributed by atoms with Crippen molar-refractivity contribution in [3.05, 3.63) is 67.8 Å². The Balaban J connectivity index is 1.68. The minimum absolute atomic E-state index is 0.0343. The van der Waals surface area contributed by atoms with Crippen LogP contribution in [0.1, 0.15) is 39.1 Å². The zero-order valence-electron chi connectivity index (χ0n) is 19.6. The van der Waals surface area contributed by atoms with Crippen molar-refractivity contribution >= 4 is 39.0 Å². The third kappa shape index (κ3) is 4.90. The lowest BCUT2D eigenvalue weighted by Gasteiger charge is -2.30. The maximum Gasteiger partial charge on any atom is 0.262 e. The van der Waals surface area contributed by atoms with Crippen LogP contribution in [0.4, 0.5) is 0 Å². The highest BCUT2D eigenvalue weighted by Crippen LogP contribution is 2.22. The summed E-state index contributed by atoms with van der Waals surface area (Å²) in [6, 6.07) is 9.78. The van der Waals surface area contributed by atoms with Gasteiger partial charge in [-0.25, -0.2) is 9.97 Å². The predicted molar refractivity (Wildman–Crippen MR) is 137 cm³/mol. The van der Waals surface area contributed by atoms with Crippen molar-refractivity contribution in [2.75, 3.05) is 6.54 Å². The number of benzene rings is 1. The number of aromatic nitrogens is 4. The van der Waals surface area contributed by atoms with Crippen LogP contribution in [0.25, 0.3) is 15.9 Å². The van der Waals surface area contributed by atoms with Crippen molar-refractivity contribution in [3.8, 4) is 0 Å². The summed E-state index contributed by atoms with van der Waals surface area (Å²) in [7, 11) is 0. The minimum Gasteiger partial charge on any atom is -0.297 e. The van der Waals surface area contributed by atoms with Gasteiger partial charge in [-0.2, -0.15) is 0 Å². The van der Waals surface area contributed by atoms with Gasteiger partial charge in [-0.3, -0.25) is 23.5 Å². The molecule has 7 nitrogen and oxygen atoms in total. The topological polar surface area (TPSA) is 72.5 Å². The first-order valence-corrected chi connectivity index (χ1v) is 13.0. The Hall–Kier alpha value is -2.49. The Labute approximate surface area is 201 Å². The van der Waals surface area contributed by atoms with Crippen molar-refractivity contribution in [3.63, 3.8) is 0 Å². The molecule has 0 aliphatic heterocycles. The van der Waals surface area contributed by atoms with Crippen molar-refractivity contribution < 1.29 is 0 Å². The quantitative estimate of drug-likeness (QED) is 0.276. The van der Waals surface area contributed by atoms with Gasteiger partial charge in [-0.15, -0.1) is 11.3 Å². The molecule has 0 fully saturated rings. The Kier molecular flexibility index (Phi) is 7.02. The van der Waals surface area contributed by atoms with Crippen LogP contribution in [-0.4, -0.2) is 42.5 Å². The second-order valence-electron chi connectivity index (χ2n) is 8.66. The summed E-state index contributed by atoms with van der Waals surface area (Å²) in [4.78, 5) is 38.4. The molecule has 0 radical (unpaired) electrons. The normalized spacial score (nSPS) is 12.1. The van der Waals surface area contributed by atoms with E-state index in [9.17, 15) is 9.59 Å². The largest absolute Gasteiger partial charge is 0.297 e. The van der Waals surface area contributed by atoms with Gasteiger partial charge in [-0.1, -0.05) is 23.9 Å². The molecule has 0 bridgehead atoms. The number of hydrogen-bond acceptors (Lipinski definition) is 7. The first-order valence-electron chi connectivity index (χ1n) is 11.1. The molecular weight excluding hydrogens is 454 g/mol. The zero-order valence-corrected chi connectivity index (χ0v) is 21.2. The summed E-state index contributed by atoms with van der Waals surface area (Å²) in [5.41, 5.74) is 2.14. The highest BCUT2D eigenvalue weighted by Gasteiger charge is 2.17. The molecule has 3 aromatic heterocycles. The number of rotatable bonds is 8. The van der Waals surface area contributed by atoms with Gasteiger partial charge >= 0.3 is 0 Å². The van der Waals surface area contributed by atoms with Gasteiger partial charge in [0.25, 0.3) is 11.1 Å². The number of thiazole rings is 1. The molecular formula is C24H29N5O2S2. The molecule has 1 aromatic carbocycles. The first-order chi connectivity index (χ1) is 15.8. The molecule has 0 saturated carbocycles. The molecule has 174 valence electrons. The Morgan fingerprint density at radius 1 is 1.09 bits per heavy atom. The predicted octanol–water partition coefficient (Wildman–Crippen LogP) is 4.19. The lowest BCUT2D eigenvalue weighted by molar-refractivity contribution is 0.166. The molecule has 0 amide bonds. The van der Waals surface area contributed by atoms with E-state index < -0.39 is 0 Å². The van der Waals surface area contributed by atoms with Gasteiger partial charge in [-0.05, 0) is 46.8 Å². The standard InChI is InChI=1S/C24H29N5O2S2/c1-15(2)27(16(3)4)10-11-28-22(31)19-8-6-7-9-20(19)26-23(28)33-14-18-12-21(30)29-17(5)13-32-24(29)25-18/h6-9,12-13,15-16H,10-11,14H2,1-5H3. The summed E-state index contributed by atoms with van der Waals surface area (Å²) in [6.45, 7) is 11.9. The van der Waals surface area contributed by atoms with Gasteiger partial charge in [0.05, 0.1) is 16.6 Å². The monoisotopic (exact) mass is 483 g/mol. The molecule has 0 spiro atoms. The number of thioether (sulfide) groups is 1. The molecule has 0 aliphatic carbocycles. The number of hydrogen-bond donors (Lipinski definition) is 0. The number of nitrogens with zero attached hydrogens (tertiary/aromatic N) is 5. The Bertz CT molecular complexity index is 1400. The average molecular weight is 484 g/mol. The number of fused-ring (bicyclic) bond motifs is 2. The molecule has 3 heterocycles. The van der Waals surface area contributed by atoms with E-state index in [2.05, 4.69) is 37.6 Å². The summed E-state index contributed by atoms with van der Waals surface area (Å²) in [6.07, 6.45) is 0. The van der Waals surface area contributed by atoms with Gasteiger partial charge in [0.15, 0.2) is 10.1 Å². The van der Waals surface area contributed by atoms with Crippen LogP contribution >= 0.6 is 23.1 Å². The smallest absolute Gasteiger partial charge is 0.262 e. The lowest BCUT2D eigenvalue weighted by atomic mass is 10.2. The first kappa shape index (κ1) is 23.7. The molecule has 0 saturated heterocycles. The van der Waals surface area contributed by atoms with E-state index in [1.807, 2.05) is 36.6 Å². The summed E-state index contributed by atoms with van der Waals surface area (Å²) in [5.74, 6) is 0.464. The van der Waals surface area contributed by atoms with Crippen molar-refractivity contribution in [2.45, 2.75) is 64.2 Å². The van der Waals surface area contributed by atoms with Crippen molar-refractivity contribution in [2.24, 2.45) is 0 Å². The van der Waals surface area contributed by atoms with E-state index in [4.69, 9.17) is 4.98 Å². The van der Waals surface area contributed by atoms with Crippen molar-refractivity contribution in [1.29, 1.82) is 0 Å². The van der Waals surface area contributed by atoms with Crippen LogP contribution in [0, 0.1) is 6.92 Å². The van der Waals surface area contributed by atoms with Crippen LogP contribution in [0.15, 0.2) is 50.5 Å². The Morgan fingerprint density at radius 3 is 2.55 bits per heavy atom. The van der Waals surface area contributed by atoms with Gasteiger partial charge in [0.2, 0.25) is 0 Å². The molecule has 33 heavy (non-hydrogen) atoms. The summed E-state index contributed by atoms with van der Waals surface area (Å²) < 4.78 is 3.39. The van der Waals surface area contributed by atoms with E-state index in [1.165, 1.54) is 23.1 Å². The molecule has 0 N–H and O–H groups in total. The molecule has 0 aliphatic rings. The molecule has 4 aromatic rings. The minimum atomic E-state index is -0.0808. The van der Waals surface area contributed by atoms with Crippen molar-refractivity contribution in [1.82, 2.24) is 23.8 Å². The van der Waals surface area contributed by atoms with Crippen LogP contribution in [0.2, 0.25) is 0 Å². The highest BCUT2D eigenvalue weighted by atomic mass is 32.2. The SMILES string of the molecule is Cc1csc2nc(CSc3nc4ccccc4c(=O)n3CCN(C(C)C)C(C)C)cc(=O)n12. The molecule has 4 rings (SSSR count). The van der Waals surface area contributed by atoms with Gasteiger partial charge < -0.3 is 0 Å². The zero-order chi connectivity index (χ0) is 23.7. The van der Waals surface area contributed by atoms with Gasteiger partial charge in [0.1, 0.15) is 0 Å². The third-order valence-corrected chi connectivity index (χ3v) is 7.67. The molecule has 0 unspecified atom stereocenters. The Morgan fingerprint density at radius 2 is 1.82 bits per heavy atom. The third-order valence-electron chi connectivity index (χ3n) is 5.71. The maximum absolute atomic E-state index is 13.4. The van der Waals surface area contributed by atoms with E-state index in [0.717, 1.165) is 12.2 Å². The van der Waals surface area contributed by atoms with Crippen LogP contribution < -0.4 is 11.1 Å². The summed E-state index contributed by atoms with van der Waals surface area (Å²) >= 11 is 2.90. The van der Waals surface area contributed by atoms with E-state index >= 15 is 0 Å². The summed E-state index contributed by atoms with van der Waals surface area (Å²) in [5, 5.41) is 3.20. The molecule has 0 atom stereocenters. The number of aryl methyl sites for hydroxylation is 1. The lowest BCUT2D eigenvalue weighted by Crippen LogP contribution is -2.40. The second kappa shape index (κ2) is 9.79. The average Bonchev–Trinajstić information content (AvgIpc) is 3.14. The van der Waals surface area contributed by atoms with E-state index in [1.54, 1.807) is 15.0 Å². The second-order valence-corrected chi connectivity index (χ2v) is 10.4. The molecule has 9 heteroatoms. The highest BCUT2D eigenvalue weighted by molar-refractivity contribution is 7.98.